The average molecular weight is 284 g/mol. The van der Waals surface area contributed by atoms with Crippen LogP contribution in [0.25, 0.3) is 0 Å². The van der Waals surface area contributed by atoms with Crippen molar-refractivity contribution in [1.82, 2.24) is 10.6 Å². The van der Waals surface area contributed by atoms with Gasteiger partial charge in [-0.25, -0.2) is 0 Å². The lowest BCUT2D eigenvalue weighted by molar-refractivity contribution is -0.133. The lowest BCUT2D eigenvalue weighted by Crippen LogP contribution is -2.47. The van der Waals surface area contributed by atoms with E-state index in [1.165, 1.54) is 0 Å². The van der Waals surface area contributed by atoms with Crippen LogP contribution in [0.15, 0.2) is 0 Å². The number of carbonyl (C=O) groups is 1. The van der Waals surface area contributed by atoms with Gasteiger partial charge in [0, 0.05) is 13.2 Å². The fourth-order valence-electron chi connectivity index (χ4n) is 2.91. The van der Waals surface area contributed by atoms with Gasteiger partial charge in [-0.1, -0.05) is 13.3 Å². The molecule has 0 aromatic rings. The molecule has 1 heterocycles. The second-order valence-corrected chi connectivity index (χ2v) is 6.16. The Labute approximate surface area is 124 Å². The minimum atomic E-state index is -0.117. The van der Waals surface area contributed by atoms with Gasteiger partial charge < -0.3 is 15.4 Å². The van der Waals surface area contributed by atoms with Gasteiger partial charge in [-0.05, 0) is 59.0 Å². The molecule has 1 rings (SSSR count). The van der Waals surface area contributed by atoms with Gasteiger partial charge in [0.15, 0.2) is 0 Å². The Morgan fingerprint density at radius 3 is 2.60 bits per heavy atom. The highest BCUT2D eigenvalue weighted by Gasteiger charge is 2.38. The third-order valence-electron chi connectivity index (χ3n) is 4.08. The fraction of sp³-hybridized carbons (Fsp3) is 0.938. The van der Waals surface area contributed by atoms with E-state index in [9.17, 15) is 4.79 Å². The summed E-state index contributed by atoms with van der Waals surface area (Å²) in [5, 5.41) is 6.49. The van der Waals surface area contributed by atoms with Gasteiger partial charge in [0.25, 0.3) is 0 Å². The molecule has 20 heavy (non-hydrogen) atoms. The number of amides is 1. The van der Waals surface area contributed by atoms with Crippen LogP contribution in [0.5, 0.6) is 0 Å². The van der Waals surface area contributed by atoms with Gasteiger partial charge in [-0.15, -0.1) is 0 Å². The zero-order chi connectivity index (χ0) is 14.8. The summed E-state index contributed by atoms with van der Waals surface area (Å²) >= 11 is 0. The van der Waals surface area contributed by atoms with Crippen LogP contribution in [0.2, 0.25) is 0 Å². The van der Waals surface area contributed by atoms with Crippen LogP contribution in [0.1, 0.15) is 59.3 Å². The van der Waals surface area contributed by atoms with Crippen LogP contribution in [0, 0.1) is 5.41 Å². The van der Waals surface area contributed by atoms with Crippen molar-refractivity contribution in [3.8, 4) is 0 Å². The van der Waals surface area contributed by atoms with Gasteiger partial charge >= 0.3 is 0 Å². The second-order valence-electron chi connectivity index (χ2n) is 6.16. The lowest BCUT2D eigenvalue weighted by Gasteiger charge is -2.36. The standard InChI is InChI=1S/C16H32N2O2/c1-4-7-16(8-11-17-12-9-16)15(19)18-10-5-6-13-20-14(2)3/h14,17H,4-13H2,1-3H3,(H,18,19). The molecule has 0 bridgehead atoms. The van der Waals surface area contributed by atoms with Crippen molar-refractivity contribution in [2.75, 3.05) is 26.2 Å². The van der Waals surface area contributed by atoms with E-state index in [4.69, 9.17) is 4.74 Å². The molecule has 1 aliphatic heterocycles. The zero-order valence-corrected chi connectivity index (χ0v) is 13.5. The topological polar surface area (TPSA) is 50.4 Å². The number of piperidine rings is 1. The predicted octanol–water partition coefficient (Wildman–Crippen LogP) is 2.48. The Bertz CT molecular complexity index is 268. The Morgan fingerprint density at radius 1 is 1.30 bits per heavy atom. The van der Waals surface area contributed by atoms with E-state index in [1.807, 2.05) is 13.8 Å². The van der Waals surface area contributed by atoms with Gasteiger partial charge in [0.1, 0.15) is 0 Å². The fourth-order valence-corrected chi connectivity index (χ4v) is 2.91. The van der Waals surface area contributed by atoms with Crippen molar-refractivity contribution in [2.45, 2.75) is 65.4 Å². The molecule has 1 fully saturated rings. The molecule has 2 N–H and O–H groups in total. The van der Waals surface area contributed by atoms with Crippen LogP contribution in [-0.2, 0) is 9.53 Å². The van der Waals surface area contributed by atoms with E-state index >= 15 is 0 Å². The van der Waals surface area contributed by atoms with E-state index in [2.05, 4.69) is 17.6 Å². The van der Waals surface area contributed by atoms with Crippen molar-refractivity contribution >= 4 is 5.91 Å². The first kappa shape index (κ1) is 17.4. The first-order valence-electron chi connectivity index (χ1n) is 8.21. The normalized spacial score (nSPS) is 18.2. The van der Waals surface area contributed by atoms with Crippen molar-refractivity contribution in [3.63, 3.8) is 0 Å². The quantitative estimate of drug-likeness (QED) is 0.640. The number of carbonyl (C=O) groups excluding carboxylic acids is 1. The zero-order valence-electron chi connectivity index (χ0n) is 13.5. The van der Waals surface area contributed by atoms with E-state index < -0.39 is 0 Å². The Balaban J connectivity index is 2.25. The van der Waals surface area contributed by atoms with Crippen LogP contribution < -0.4 is 10.6 Å². The maximum Gasteiger partial charge on any atom is 0.226 e. The molecular weight excluding hydrogens is 252 g/mol. The van der Waals surface area contributed by atoms with Crippen molar-refractivity contribution < 1.29 is 9.53 Å². The summed E-state index contributed by atoms with van der Waals surface area (Å²) in [7, 11) is 0. The summed E-state index contributed by atoms with van der Waals surface area (Å²) < 4.78 is 5.50. The number of hydrogen-bond donors (Lipinski definition) is 2. The van der Waals surface area contributed by atoms with E-state index in [0.29, 0.717) is 6.10 Å². The summed E-state index contributed by atoms with van der Waals surface area (Å²) in [5.74, 6) is 0.269. The van der Waals surface area contributed by atoms with Crippen molar-refractivity contribution in [1.29, 1.82) is 0 Å². The third-order valence-corrected chi connectivity index (χ3v) is 4.08. The van der Waals surface area contributed by atoms with E-state index in [0.717, 1.165) is 64.8 Å². The molecule has 4 heteroatoms. The Kier molecular flexibility index (Phi) is 8.15. The summed E-state index contributed by atoms with van der Waals surface area (Å²) in [6, 6.07) is 0. The highest BCUT2D eigenvalue weighted by atomic mass is 16.5. The predicted molar refractivity (Wildman–Crippen MR) is 82.8 cm³/mol. The lowest BCUT2D eigenvalue weighted by atomic mass is 9.74. The number of hydrogen-bond acceptors (Lipinski definition) is 3. The molecule has 1 amide bonds. The summed E-state index contributed by atoms with van der Waals surface area (Å²) in [6.45, 7) is 9.77. The first-order chi connectivity index (χ1) is 9.60. The second kappa shape index (κ2) is 9.35. The number of ether oxygens (including phenoxy) is 1. The van der Waals surface area contributed by atoms with Crippen molar-refractivity contribution in [3.05, 3.63) is 0 Å². The van der Waals surface area contributed by atoms with Crippen LogP contribution in [0.3, 0.4) is 0 Å². The highest BCUT2D eigenvalue weighted by Crippen LogP contribution is 2.34. The summed E-state index contributed by atoms with van der Waals surface area (Å²) in [6.07, 6.45) is 6.35. The van der Waals surface area contributed by atoms with Gasteiger partial charge in [0.2, 0.25) is 5.91 Å². The molecule has 0 aromatic heterocycles. The maximum atomic E-state index is 12.5. The van der Waals surface area contributed by atoms with Gasteiger partial charge in [0.05, 0.1) is 11.5 Å². The maximum absolute atomic E-state index is 12.5. The van der Waals surface area contributed by atoms with Gasteiger partial charge in [-0.2, -0.15) is 0 Å². The van der Waals surface area contributed by atoms with Crippen molar-refractivity contribution in [2.24, 2.45) is 5.41 Å². The largest absolute Gasteiger partial charge is 0.379 e. The highest BCUT2D eigenvalue weighted by molar-refractivity contribution is 5.82. The molecule has 0 atom stereocenters. The Morgan fingerprint density at radius 2 is 2.00 bits per heavy atom. The minimum absolute atomic E-state index is 0.117. The Hall–Kier alpha value is -0.610. The van der Waals surface area contributed by atoms with Gasteiger partial charge in [-0.3, -0.25) is 4.79 Å². The third kappa shape index (κ3) is 5.80. The SMILES string of the molecule is CCCC1(C(=O)NCCCCOC(C)C)CCNCC1. The molecule has 0 saturated carbocycles. The smallest absolute Gasteiger partial charge is 0.226 e. The molecule has 1 aliphatic rings. The molecule has 0 spiro atoms. The summed E-state index contributed by atoms with van der Waals surface area (Å²) in [5.41, 5.74) is -0.117. The number of nitrogens with one attached hydrogen (secondary N) is 2. The molecule has 0 unspecified atom stereocenters. The number of rotatable bonds is 9. The van der Waals surface area contributed by atoms with Crippen LogP contribution in [-0.4, -0.2) is 38.3 Å². The van der Waals surface area contributed by atoms with Crippen LogP contribution >= 0.6 is 0 Å². The monoisotopic (exact) mass is 284 g/mol. The molecule has 0 radical (unpaired) electrons. The molecule has 0 aliphatic carbocycles. The first-order valence-corrected chi connectivity index (χ1v) is 8.21. The summed E-state index contributed by atoms with van der Waals surface area (Å²) in [4.78, 5) is 12.5. The average Bonchev–Trinajstić information content (AvgIpc) is 2.43. The molecule has 1 saturated heterocycles. The number of unbranched alkanes of at least 4 members (excludes halogenated alkanes) is 1. The molecule has 0 aromatic carbocycles. The molecule has 4 nitrogen and oxygen atoms in total. The molecule has 118 valence electrons. The molecular formula is C16H32N2O2. The van der Waals surface area contributed by atoms with E-state index in [1.54, 1.807) is 0 Å². The van der Waals surface area contributed by atoms with Crippen LogP contribution in [0.4, 0.5) is 0 Å². The minimum Gasteiger partial charge on any atom is -0.379 e. The van der Waals surface area contributed by atoms with E-state index in [-0.39, 0.29) is 11.3 Å².